The molecule has 1 aliphatic heterocycles. The molecule has 27 heavy (non-hydrogen) atoms. The molecular weight excluding hydrogens is 336 g/mol. The second-order valence-electron chi connectivity index (χ2n) is 7.75. The number of piperidine rings is 1. The molecule has 0 unspecified atom stereocenters. The molecule has 0 saturated carbocycles. The first kappa shape index (κ1) is 19.4. The van der Waals surface area contributed by atoms with Gasteiger partial charge in [-0.3, -0.25) is 4.79 Å². The SMILES string of the molecule is CC(C)Oc1cccc(C(=O)N(C)CC2(c3ccccc3)CCNCC2)c1. The van der Waals surface area contributed by atoms with Crippen molar-refractivity contribution in [3.8, 4) is 5.75 Å². The number of amides is 1. The van der Waals surface area contributed by atoms with Gasteiger partial charge >= 0.3 is 0 Å². The largest absolute Gasteiger partial charge is 0.491 e. The van der Waals surface area contributed by atoms with Crippen molar-refractivity contribution < 1.29 is 9.53 Å². The standard InChI is InChI=1S/C23H30N2O2/c1-18(2)27-21-11-7-8-19(16-21)22(26)25(3)17-23(12-14-24-15-13-23)20-9-5-4-6-10-20/h4-11,16,18,24H,12-15,17H2,1-3H3. The van der Waals surface area contributed by atoms with Crippen molar-refractivity contribution in [3.05, 3.63) is 65.7 Å². The topological polar surface area (TPSA) is 41.6 Å². The Bertz CT molecular complexity index is 752. The zero-order valence-electron chi connectivity index (χ0n) is 16.6. The van der Waals surface area contributed by atoms with Gasteiger partial charge in [-0.15, -0.1) is 0 Å². The van der Waals surface area contributed by atoms with E-state index in [1.54, 1.807) is 0 Å². The molecule has 1 saturated heterocycles. The predicted molar refractivity (Wildman–Crippen MR) is 109 cm³/mol. The molecule has 0 bridgehead atoms. The molecule has 2 aromatic rings. The summed E-state index contributed by atoms with van der Waals surface area (Å²) in [5, 5.41) is 3.45. The van der Waals surface area contributed by atoms with Crippen LogP contribution in [0.3, 0.4) is 0 Å². The quantitative estimate of drug-likeness (QED) is 0.844. The third-order valence-corrected chi connectivity index (χ3v) is 5.29. The lowest BCUT2D eigenvalue weighted by Crippen LogP contribution is -2.48. The summed E-state index contributed by atoms with van der Waals surface area (Å²) in [5.74, 6) is 0.780. The fourth-order valence-corrected chi connectivity index (χ4v) is 3.96. The van der Waals surface area contributed by atoms with Gasteiger partial charge in [0.05, 0.1) is 6.10 Å². The van der Waals surface area contributed by atoms with Gasteiger partial charge in [-0.1, -0.05) is 36.4 Å². The lowest BCUT2D eigenvalue weighted by Gasteiger charge is -2.41. The van der Waals surface area contributed by atoms with E-state index in [1.165, 1.54) is 5.56 Å². The molecule has 4 heteroatoms. The van der Waals surface area contributed by atoms with Gasteiger partial charge in [0, 0.05) is 24.6 Å². The minimum Gasteiger partial charge on any atom is -0.491 e. The van der Waals surface area contributed by atoms with E-state index in [2.05, 4.69) is 29.6 Å². The summed E-state index contributed by atoms with van der Waals surface area (Å²) in [5.41, 5.74) is 2.00. The van der Waals surface area contributed by atoms with Crippen LogP contribution in [0.4, 0.5) is 0 Å². The maximum atomic E-state index is 13.1. The van der Waals surface area contributed by atoms with Gasteiger partial charge in [0.1, 0.15) is 5.75 Å². The van der Waals surface area contributed by atoms with Crippen LogP contribution in [0.15, 0.2) is 54.6 Å². The van der Waals surface area contributed by atoms with Gasteiger partial charge in [-0.05, 0) is 63.5 Å². The molecule has 1 heterocycles. The van der Waals surface area contributed by atoms with Crippen LogP contribution in [0, 0.1) is 0 Å². The Kier molecular flexibility index (Phi) is 6.17. The minimum absolute atomic E-state index is 0.00294. The van der Waals surface area contributed by atoms with Gasteiger partial charge in [-0.2, -0.15) is 0 Å². The summed E-state index contributed by atoms with van der Waals surface area (Å²) in [6.07, 6.45) is 2.15. The zero-order chi connectivity index (χ0) is 19.3. The number of rotatable bonds is 6. The van der Waals surface area contributed by atoms with Crippen LogP contribution in [0.1, 0.15) is 42.6 Å². The number of hydrogen-bond donors (Lipinski definition) is 1. The predicted octanol–water partition coefficient (Wildman–Crippen LogP) is 3.87. The van der Waals surface area contributed by atoms with Crippen molar-refractivity contribution in [1.82, 2.24) is 10.2 Å². The van der Waals surface area contributed by atoms with Crippen molar-refractivity contribution in [2.45, 2.75) is 38.2 Å². The Morgan fingerprint density at radius 1 is 1.11 bits per heavy atom. The number of nitrogens with zero attached hydrogens (tertiary/aromatic N) is 1. The molecule has 3 rings (SSSR count). The van der Waals surface area contributed by atoms with E-state index >= 15 is 0 Å². The van der Waals surface area contributed by atoms with Crippen molar-refractivity contribution in [2.24, 2.45) is 0 Å². The van der Waals surface area contributed by atoms with Gasteiger partial charge in [0.2, 0.25) is 0 Å². The monoisotopic (exact) mass is 366 g/mol. The third-order valence-electron chi connectivity index (χ3n) is 5.29. The summed E-state index contributed by atoms with van der Waals surface area (Å²) in [6.45, 7) is 6.65. The molecule has 0 radical (unpaired) electrons. The lowest BCUT2D eigenvalue weighted by molar-refractivity contribution is 0.0740. The summed E-state index contributed by atoms with van der Waals surface area (Å²) < 4.78 is 5.74. The van der Waals surface area contributed by atoms with Crippen LogP contribution in [-0.4, -0.2) is 43.6 Å². The van der Waals surface area contributed by atoms with E-state index in [0.717, 1.165) is 31.7 Å². The van der Waals surface area contributed by atoms with Crippen LogP contribution in [0.25, 0.3) is 0 Å². The first-order valence-electron chi connectivity index (χ1n) is 9.79. The Morgan fingerprint density at radius 3 is 2.48 bits per heavy atom. The average Bonchev–Trinajstić information content (AvgIpc) is 2.68. The van der Waals surface area contributed by atoms with Crippen molar-refractivity contribution in [3.63, 3.8) is 0 Å². The van der Waals surface area contributed by atoms with Gasteiger partial charge in [0.15, 0.2) is 0 Å². The number of likely N-dealkylation sites (N-methyl/N-ethyl adjacent to an activating group) is 1. The van der Waals surface area contributed by atoms with Gasteiger partial charge in [-0.25, -0.2) is 0 Å². The maximum Gasteiger partial charge on any atom is 0.253 e. The molecule has 0 atom stereocenters. The van der Waals surface area contributed by atoms with Gasteiger partial charge in [0.25, 0.3) is 5.91 Å². The van der Waals surface area contributed by atoms with Crippen molar-refractivity contribution in [2.75, 3.05) is 26.7 Å². The average molecular weight is 367 g/mol. The summed E-state index contributed by atoms with van der Waals surface area (Å²) in [4.78, 5) is 15.0. The van der Waals surface area contributed by atoms with E-state index < -0.39 is 0 Å². The number of carbonyl (C=O) groups is 1. The number of benzene rings is 2. The highest BCUT2D eigenvalue weighted by Gasteiger charge is 2.36. The first-order valence-corrected chi connectivity index (χ1v) is 9.79. The Labute approximate surface area is 162 Å². The maximum absolute atomic E-state index is 13.1. The Balaban J connectivity index is 1.79. The second-order valence-corrected chi connectivity index (χ2v) is 7.75. The number of carbonyl (C=O) groups excluding carboxylic acids is 1. The molecule has 1 fully saturated rings. The normalized spacial score (nSPS) is 16.1. The highest BCUT2D eigenvalue weighted by molar-refractivity contribution is 5.94. The fourth-order valence-electron chi connectivity index (χ4n) is 3.96. The third kappa shape index (κ3) is 4.69. The number of ether oxygens (including phenoxy) is 1. The molecule has 0 spiro atoms. The van der Waals surface area contributed by atoms with E-state index in [-0.39, 0.29) is 17.4 Å². The smallest absolute Gasteiger partial charge is 0.253 e. The number of nitrogens with one attached hydrogen (secondary N) is 1. The first-order chi connectivity index (χ1) is 13.0. The molecule has 1 N–H and O–H groups in total. The van der Waals surface area contributed by atoms with E-state index in [1.807, 2.05) is 56.1 Å². The summed E-state index contributed by atoms with van der Waals surface area (Å²) >= 11 is 0. The van der Waals surface area contributed by atoms with Gasteiger partial charge < -0.3 is 15.0 Å². The highest BCUT2D eigenvalue weighted by atomic mass is 16.5. The van der Waals surface area contributed by atoms with Crippen LogP contribution in [0.2, 0.25) is 0 Å². The van der Waals surface area contributed by atoms with E-state index in [9.17, 15) is 4.79 Å². The molecule has 0 aromatic heterocycles. The molecule has 144 valence electrons. The lowest BCUT2D eigenvalue weighted by atomic mass is 9.72. The van der Waals surface area contributed by atoms with Crippen LogP contribution in [0.5, 0.6) is 5.75 Å². The highest BCUT2D eigenvalue weighted by Crippen LogP contribution is 2.34. The van der Waals surface area contributed by atoms with Crippen LogP contribution in [-0.2, 0) is 5.41 Å². The van der Waals surface area contributed by atoms with Crippen LogP contribution >= 0.6 is 0 Å². The van der Waals surface area contributed by atoms with Crippen LogP contribution < -0.4 is 10.1 Å². The van der Waals surface area contributed by atoms with E-state index in [0.29, 0.717) is 12.1 Å². The van der Waals surface area contributed by atoms with Crippen molar-refractivity contribution >= 4 is 5.91 Å². The fraction of sp³-hybridized carbons (Fsp3) is 0.435. The molecule has 1 amide bonds. The summed E-state index contributed by atoms with van der Waals surface area (Å²) in [6, 6.07) is 18.1. The molecule has 1 aliphatic rings. The zero-order valence-corrected chi connectivity index (χ0v) is 16.6. The van der Waals surface area contributed by atoms with Crippen molar-refractivity contribution in [1.29, 1.82) is 0 Å². The Morgan fingerprint density at radius 2 is 1.81 bits per heavy atom. The number of hydrogen-bond acceptors (Lipinski definition) is 3. The molecular formula is C23H30N2O2. The molecule has 0 aliphatic carbocycles. The Hall–Kier alpha value is -2.33. The molecule has 4 nitrogen and oxygen atoms in total. The van der Waals surface area contributed by atoms with E-state index in [4.69, 9.17) is 4.74 Å². The second kappa shape index (κ2) is 8.57. The summed E-state index contributed by atoms with van der Waals surface area (Å²) in [7, 11) is 1.91. The molecule has 2 aromatic carbocycles. The minimum atomic E-state index is 0.00294.